The summed E-state index contributed by atoms with van der Waals surface area (Å²) in [7, 11) is 0. The average molecular weight is 287 g/mol. The summed E-state index contributed by atoms with van der Waals surface area (Å²) in [4.78, 5) is 4.23. The fourth-order valence-corrected chi connectivity index (χ4v) is 2.32. The van der Waals surface area contributed by atoms with Gasteiger partial charge in [-0.05, 0) is 30.5 Å². The first kappa shape index (κ1) is 12.5. The van der Waals surface area contributed by atoms with Crippen molar-refractivity contribution >= 4 is 43.7 Å². The molecular weight excluding hydrogens is 272 g/mol. The Morgan fingerprint density at radius 3 is 2.93 bits per heavy atom. The van der Waals surface area contributed by atoms with E-state index in [2.05, 4.69) is 30.1 Å². The zero-order chi connectivity index (χ0) is 9.97. The molecule has 0 unspecified atom stereocenters. The van der Waals surface area contributed by atoms with E-state index in [-0.39, 0.29) is 17.0 Å². The highest BCUT2D eigenvalue weighted by molar-refractivity contribution is 8.93. The Kier molecular flexibility index (Phi) is 4.54. The molecule has 0 aliphatic heterocycles. The molecule has 1 aromatic carbocycles. The molecule has 2 nitrogen and oxygen atoms in total. The van der Waals surface area contributed by atoms with Gasteiger partial charge in [0.15, 0.2) is 5.13 Å². The smallest absolute Gasteiger partial charge is 0.181 e. The molecule has 1 heterocycles. The molecule has 2 rings (SSSR count). The maximum Gasteiger partial charge on any atom is 0.181 e. The minimum atomic E-state index is 0. The molecule has 0 saturated carbocycles. The summed E-state index contributed by atoms with van der Waals surface area (Å²) in [5.74, 6) is 0. The Bertz CT molecular complexity index is 439. The van der Waals surface area contributed by atoms with Crippen molar-refractivity contribution in [3.05, 3.63) is 23.8 Å². The van der Waals surface area contributed by atoms with Gasteiger partial charge in [-0.1, -0.05) is 30.7 Å². The van der Waals surface area contributed by atoms with Gasteiger partial charge in [-0.25, -0.2) is 4.98 Å². The van der Waals surface area contributed by atoms with Crippen molar-refractivity contribution in [3.8, 4) is 0 Å². The minimum Gasteiger partial charge on any atom is -0.375 e. The highest BCUT2D eigenvalue weighted by atomic mass is 79.9. The van der Waals surface area contributed by atoms with E-state index in [9.17, 15) is 0 Å². The van der Waals surface area contributed by atoms with Gasteiger partial charge < -0.3 is 5.73 Å². The van der Waals surface area contributed by atoms with Crippen LogP contribution in [0.2, 0.25) is 0 Å². The largest absolute Gasteiger partial charge is 0.375 e. The third-order valence-electron chi connectivity index (χ3n) is 2.29. The second kappa shape index (κ2) is 5.47. The van der Waals surface area contributed by atoms with E-state index in [0.717, 1.165) is 11.9 Å². The van der Waals surface area contributed by atoms with Gasteiger partial charge in [0.1, 0.15) is 0 Å². The summed E-state index contributed by atoms with van der Waals surface area (Å²) in [6.07, 6.45) is 3.65. The number of halogens is 1. The molecule has 0 fully saturated rings. The molecule has 2 N–H and O–H groups in total. The average Bonchev–Trinajstić information content (AvgIpc) is 2.54. The standard InChI is InChI=1S/C11H14N2S.BrH/c1-2-3-4-8-5-6-9-10(7-8)14-11(12)13-9;/h5-7H,2-4H2,1H3,(H2,12,13);1H. The normalized spacial score (nSPS) is 10.2. The summed E-state index contributed by atoms with van der Waals surface area (Å²) in [6, 6.07) is 6.42. The molecule has 0 radical (unpaired) electrons. The van der Waals surface area contributed by atoms with Crippen LogP contribution in [0.1, 0.15) is 25.3 Å². The Balaban J connectivity index is 0.00000112. The number of aromatic nitrogens is 1. The van der Waals surface area contributed by atoms with E-state index in [4.69, 9.17) is 5.73 Å². The Morgan fingerprint density at radius 1 is 1.40 bits per heavy atom. The van der Waals surface area contributed by atoms with Gasteiger partial charge in [-0.3, -0.25) is 0 Å². The van der Waals surface area contributed by atoms with Crippen molar-refractivity contribution in [1.29, 1.82) is 0 Å². The number of nitrogens with zero attached hydrogens (tertiary/aromatic N) is 1. The lowest BCUT2D eigenvalue weighted by molar-refractivity contribution is 0.796. The molecule has 0 aliphatic carbocycles. The van der Waals surface area contributed by atoms with Crippen LogP contribution >= 0.6 is 28.3 Å². The number of nitrogens with two attached hydrogens (primary N) is 1. The van der Waals surface area contributed by atoms with Gasteiger partial charge in [0, 0.05) is 0 Å². The van der Waals surface area contributed by atoms with Crippen molar-refractivity contribution < 1.29 is 0 Å². The van der Waals surface area contributed by atoms with Crippen molar-refractivity contribution in [1.82, 2.24) is 4.98 Å². The Morgan fingerprint density at radius 2 is 2.20 bits per heavy atom. The number of nitrogen functional groups attached to an aromatic ring is 1. The lowest BCUT2D eigenvalue weighted by atomic mass is 10.1. The number of unbranched alkanes of at least 4 members (excludes halogenated alkanes) is 1. The zero-order valence-corrected chi connectivity index (χ0v) is 11.2. The number of thiazole rings is 1. The van der Waals surface area contributed by atoms with Gasteiger partial charge in [-0.2, -0.15) is 0 Å². The topological polar surface area (TPSA) is 38.9 Å². The summed E-state index contributed by atoms with van der Waals surface area (Å²) in [5, 5.41) is 0.660. The van der Waals surface area contributed by atoms with Gasteiger partial charge >= 0.3 is 0 Å². The molecule has 0 aliphatic rings. The first-order valence-electron chi connectivity index (χ1n) is 4.94. The van der Waals surface area contributed by atoms with Crippen LogP contribution in [0.15, 0.2) is 18.2 Å². The quantitative estimate of drug-likeness (QED) is 0.932. The monoisotopic (exact) mass is 286 g/mol. The molecule has 2 aromatic rings. The summed E-state index contributed by atoms with van der Waals surface area (Å²) < 4.78 is 1.20. The Hall–Kier alpha value is -0.610. The number of hydrogen-bond donors (Lipinski definition) is 1. The van der Waals surface area contributed by atoms with E-state index in [1.54, 1.807) is 11.3 Å². The lowest BCUT2D eigenvalue weighted by Gasteiger charge is -1.98. The number of aryl methyl sites for hydroxylation is 1. The summed E-state index contributed by atoms with van der Waals surface area (Å²) in [6.45, 7) is 2.21. The summed E-state index contributed by atoms with van der Waals surface area (Å²) in [5.41, 5.74) is 8.06. The van der Waals surface area contributed by atoms with Crippen LogP contribution in [-0.2, 0) is 6.42 Å². The van der Waals surface area contributed by atoms with Crippen LogP contribution in [-0.4, -0.2) is 4.98 Å². The number of fused-ring (bicyclic) bond motifs is 1. The van der Waals surface area contributed by atoms with Crippen molar-refractivity contribution in [2.75, 3.05) is 5.73 Å². The van der Waals surface area contributed by atoms with Gasteiger partial charge in [0.05, 0.1) is 10.2 Å². The molecule has 0 bridgehead atoms. The third-order valence-corrected chi connectivity index (χ3v) is 3.14. The maximum absolute atomic E-state index is 5.65. The van der Waals surface area contributed by atoms with Crippen LogP contribution in [0.4, 0.5) is 5.13 Å². The second-order valence-electron chi connectivity index (χ2n) is 3.46. The maximum atomic E-state index is 5.65. The number of hydrogen-bond acceptors (Lipinski definition) is 3. The van der Waals surface area contributed by atoms with Crippen LogP contribution in [0.3, 0.4) is 0 Å². The van der Waals surface area contributed by atoms with E-state index >= 15 is 0 Å². The summed E-state index contributed by atoms with van der Waals surface area (Å²) >= 11 is 1.57. The first-order chi connectivity index (χ1) is 6.79. The zero-order valence-electron chi connectivity index (χ0n) is 8.69. The molecule has 0 saturated heterocycles. The highest BCUT2D eigenvalue weighted by Gasteiger charge is 2.01. The van der Waals surface area contributed by atoms with E-state index in [0.29, 0.717) is 5.13 Å². The third kappa shape index (κ3) is 2.92. The van der Waals surface area contributed by atoms with E-state index in [1.807, 2.05) is 0 Å². The number of anilines is 1. The molecule has 15 heavy (non-hydrogen) atoms. The van der Waals surface area contributed by atoms with Crippen LogP contribution in [0.5, 0.6) is 0 Å². The fraction of sp³-hybridized carbons (Fsp3) is 0.364. The van der Waals surface area contributed by atoms with Crippen molar-refractivity contribution in [2.45, 2.75) is 26.2 Å². The number of benzene rings is 1. The molecule has 0 spiro atoms. The van der Waals surface area contributed by atoms with Gasteiger partial charge in [0.2, 0.25) is 0 Å². The minimum absolute atomic E-state index is 0. The van der Waals surface area contributed by atoms with Crippen molar-refractivity contribution in [3.63, 3.8) is 0 Å². The predicted octanol–water partition coefficient (Wildman–Crippen LogP) is 3.80. The highest BCUT2D eigenvalue weighted by Crippen LogP contribution is 2.25. The number of rotatable bonds is 3. The molecular formula is C11H15BrN2S. The first-order valence-corrected chi connectivity index (χ1v) is 5.76. The van der Waals surface area contributed by atoms with Crippen molar-refractivity contribution in [2.24, 2.45) is 0 Å². The van der Waals surface area contributed by atoms with Gasteiger partial charge in [-0.15, -0.1) is 17.0 Å². The second-order valence-corrected chi connectivity index (χ2v) is 4.52. The molecule has 0 atom stereocenters. The lowest BCUT2D eigenvalue weighted by Crippen LogP contribution is -1.83. The molecule has 4 heteroatoms. The van der Waals surface area contributed by atoms with E-state index in [1.165, 1.54) is 23.1 Å². The Labute approximate surface area is 104 Å². The van der Waals surface area contributed by atoms with Crippen LogP contribution in [0, 0.1) is 0 Å². The molecule has 82 valence electrons. The van der Waals surface area contributed by atoms with E-state index < -0.39 is 0 Å². The molecule has 1 aromatic heterocycles. The van der Waals surface area contributed by atoms with Crippen LogP contribution < -0.4 is 5.73 Å². The van der Waals surface area contributed by atoms with Crippen LogP contribution in [0.25, 0.3) is 10.2 Å². The fourth-order valence-electron chi connectivity index (χ4n) is 1.52. The van der Waals surface area contributed by atoms with Gasteiger partial charge in [0.25, 0.3) is 0 Å². The molecule has 0 amide bonds. The predicted molar refractivity (Wildman–Crippen MR) is 73.0 cm³/mol. The SMILES string of the molecule is Br.CCCCc1ccc2nc(N)sc2c1.